The van der Waals surface area contributed by atoms with Crippen LogP contribution in [0.15, 0.2) is 73.4 Å². The zero-order chi connectivity index (χ0) is 21.1. The Balaban J connectivity index is 1.56. The first kappa shape index (κ1) is 20.0. The van der Waals surface area contributed by atoms with E-state index in [4.69, 9.17) is 0 Å². The van der Waals surface area contributed by atoms with Crippen LogP contribution in [0.2, 0.25) is 0 Å². The summed E-state index contributed by atoms with van der Waals surface area (Å²) in [6, 6.07) is 17.8. The van der Waals surface area contributed by atoms with Crippen molar-refractivity contribution < 1.29 is 9.59 Å². The van der Waals surface area contributed by atoms with Gasteiger partial charge in [-0.2, -0.15) is 0 Å². The monoisotopic (exact) mass is 401 g/mol. The lowest BCUT2D eigenvalue weighted by atomic mass is 10.0. The first-order chi connectivity index (χ1) is 14.6. The molecule has 1 aliphatic rings. The molecule has 1 aliphatic carbocycles. The van der Waals surface area contributed by atoms with Gasteiger partial charge in [-0.25, -0.2) is 0 Å². The highest BCUT2D eigenvalue weighted by Gasteiger charge is 2.34. The van der Waals surface area contributed by atoms with E-state index in [1.807, 2.05) is 77.3 Å². The van der Waals surface area contributed by atoms with Crippen molar-refractivity contribution in [1.29, 1.82) is 0 Å². The first-order valence-electron chi connectivity index (χ1n) is 10.4. The number of carbonyl (C=O) groups excluding carboxylic acids is 2. The van der Waals surface area contributed by atoms with Gasteiger partial charge in [0.15, 0.2) is 0 Å². The fourth-order valence-electron chi connectivity index (χ4n) is 3.85. The Bertz CT molecular complexity index is 1080. The molecule has 0 atom stereocenters. The molecule has 2 aromatic carbocycles. The molecule has 0 bridgehead atoms. The number of rotatable bonds is 8. The van der Waals surface area contributed by atoms with E-state index in [2.05, 4.69) is 6.58 Å². The second-order valence-electron chi connectivity index (χ2n) is 7.86. The molecule has 0 radical (unpaired) electrons. The van der Waals surface area contributed by atoms with Gasteiger partial charge in [0.2, 0.25) is 5.91 Å². The number of carbonyl (C=O) groups is 2. The van der Waals surface area contributed by atoms with Gasteiger partial charge in [-0.1, -0.05) is 42.5 Å². The van der Waals surface area contributed by atoms with Gasteiger partial charge in [0.05, 0.1) is 6.54 Å². The Morgan fingerprint density at radius 1 is 1.10 bits per heavy atom. The maximum absolute atomic E-state index is 13.4. The molecule has 1 fully saturated rings. The van der Waals surface area contributed by atoms with Crippen LogP contribution in [0.5, 0.6) is 0 Å². The molecule has 0 N–H and O–H groups in total. The summed E-state index contributed by atoms with van der Waals surface area (Å²) in [6.45, 7) is 4.74. The molecule has 0 saturated heterocycles. The van der Waals surface area contributed by atoms with Gasteiger partial charge in [-0.3, -0.25) is 9.59 Å². The van der Waals surface area contributed by atoms with E-state index in [-0.39, 0.29) is 24.4 Å². The van der Waals surface area contributed by atoms with Crippen molar-refractivity contribution in [2.75, 3.05) is 13.1 Å². The summed E-state index contributed by atoms with van der Waals surface area (Å²) in [5, 5.41) is 1.91. The normalized spacial score (nSPS) is 13.2. The second kappa shape index (κ2) is 8.57. The zero-order valence-corrected chi connectivity index (χ0v) is 17.3. The van der Waals surface area contributed by atoms with E-state index >= 15 is 0 Å². The SMILES string of the molecule is C=CCN(CC(=O)N(Cc1cccn1C)C1CC1)C(=O)c1cccc2ccccc12. The highest BCUT2D eigenvalue weighted by atomic mass is 16.2. The highest BCUT2D eigenvalue weighted by molar-refractivity contribution is 6.07. The molecule has 0 aliphatic heterocycles. The average molecular weight is 402 g/mol. The van der Waals surface area contributed by atoms with Crippen LogP contribution in [0, 0.1) is 0 Å². The molecule has 5 heteroatoms. The summed E-state index contributed by atoms with van der Waals surface area (Å²) in [6.07, 6.45) is 5.71. The van der Waals surface area contributed by atoms with Gasteiger partial charge in [0.1, 0.15) is 6.54 Å². The van der Waals surface area contributed by atoms with Crippen molar-refractivity contribution in [3.8, 4) is 0 Å². The molecule has 2 amide bonds. The molecule has 1 aromatic heterocycles. The topological polar surface area (TPSA) is 45.6 Å². The lowest BCUT2D eigenvalue weighted by Crippen LogP contribution is -2.43. The van der Waals surface area contributed by atoms with Crippen molar-refractivity contribution in [2.24, 2.45) is 7.05 Å². The average Bonchev–Trinajstić information content (AvgIpc) is 3.52. The lowest BCUT2D eigenvalue weighted by molar-refractivity contribution is -0.133. The van der Waals surface area contributed by atoms with Crippen molar-refractivity contribution >= 4 is 22.6 Å². The highest BCUT2D eigenvalue weighted by Crippen LogP contribution is 2.29. The molecular formula is C25H27N3O2. The van der Waals surface area contributed by atoms with Crippen molar-refractivity contribution in [3.05, 3.63) is 84.7 Å². The summed E-state index contributed by atoms with van der Waals surface area (Å²) in [5.41, 5.74) is 1.70. The minimum absolute atomic E-state index is 0.0193. The Labute approximate surface area is 177 Å². The fourth-order valence-corrected chi connectivity index (χ4v) is 3.85. The van der Waals surface area contributed by atoms with Crippen LogP contribution in [0.3, 0.4) is 0 Å². The molecule has 1 heterocycles. The molecule has 1 saturated carbocycles. The number of nitrogens with zero attached hydrogens (tertiary/aromatic N) is 3. The molecular weight excluding hydrogens is 374 g/mol. The summed E-state index contributed by atoms with van der Waals surface area (Å²) in [7, 11) is 1.99. The van der Waals surface area contributed by atoms with Gasteiger partial charge in [0, 0.05) is 37.1 Å². The van der Waals surface area contributed by atoms with Gasteiger partial charge in [0.25, 0.3) is 5.91 Å². The number of benzene rings is 2. The van der Waals surface area contributed by atoms with Crippen molar-refractivity contribution in [3.63, 3.8) is 0 Å². The van der Waals surface area contributed by atoms with Gasteiger partial charge < -0.3 is 14.4 Å². The maximum Gasteiger partial charge on any atom is 0.255 e. The predicted molar refractivity (Wildman–Crippen MR) is 119 cm³/mol. The van der Waals surface area contributed by atoms with Crippen LogP contribution < -0.4 is 0 Å². The van der Waals surface area contributed by atoms with E-state index < -0.39 is 0 Å². The zero-order valence-electron chi connectivity index (χ0n) is 17.3. The van der Waals surface area contributed by atoms with Gasteiger partial charge >= 0.3 is 0 Å². The molecule has 30 heavy (non-hydrogen) atoms. The summed E-state index contributed by atoms with van der Waals surface area (Å²) in [5.74, 6) is -0.163. The smallest absolute Gasteiger partial charge is 0.255 e. The Morgan fingerprint density at radius 2 is 1.87 bits per heavy atom. The number of aromatic nitrogens is 1. The third-order valence-electron chi connectivity index (χ3n) is 5.67. The Morgan fingerprint density at radius 3 is 2.57 bits per heavy atom. The van der Waals surface area contributed by atoms with Gasteiger partial charge in [-0.15, -0.1) is 6.58 Å². The first-order valence-corrected chi connectivity index (χ1v) is 10.4. The fraction of sp³-hybridized carbons (Fsp3) is 0.280. The van der Waals surface area contributed by atoms with Crippen LogP contribution in [0.4, 0.5) is 0 Å². The number of amides is 2. The van der Waals surface area contributed by atoms with Crippen LogP contribution >= 0.6 is 0 Å². The summed E-state index contributed by atoms with van der Waals surface area (Å²) < 4.78 is 2.03. The van der Waals surface area contributed by atoms with Crippen molar-refractivity contribution in [1.82, 2.24) is 14.4 Å². The second-order valence-corrected chi connectivity index (χ2v) is 7.86. The maximum atomic E-state index is 13.4. The van der Waals surface area contributed by atoms with E-state index in [1.54, 1.807) is 11.0 Å². The van der Waals surface area contributed by atoms with Crippen molar-refractivity contribution in [2.45, 2.75) is 25.4 Å². The minimum atomic E-state index is -0.144. The van der Waals surface area contributed by atoms with Crippen LogP contribution in [-0.2, 0) is 18.4 Å². The molecule has 4 rings (SSSR count). The molecule has 0 unspecified atom stereocenters. The van der Waals surface area contributed by atoms with Crippen LogP contribution in [0.1, 0.15) is 28.9 Å². The van der Waals surface area contributed by atoms with Crippen LogP contribution in [-0.4, -0.2) is 45.3 Å². The van der Waals surface area contributed by atoms with E-state index in [1.165, 1.54) is 0 Å². The van der Waals surface area contributed by atoms with Gasteiger partial charge in [-0.05, 0) is 41.8 Å². The molecule has 5 nitrogen and oxygen atoms in total. The molecule has 154 valence electrons. The molecule has 3 aromatic rings. The number of hydrogen-bond acceptors (Lipinski definition) is 2. The number of hydrogen-bond donors (Lipinski definition) is 0. The third-order valence-corrected chi connectivity index (χ3v) is 5.67. The Kier molecular flexibility index (Phi) is 5.70. The number of fused-ring (bicyclic) bond motifs is 1. The number of aryl methyl sites for hydroxylation is 1. The minimum Gasteiger partial charge on any atom is -0.353 e. The van der Waals surface area contributed by atoms with Crippen LogP contribution in [0.25, 0.3) is 10.8 Å². The van der Waals surface area contributed by atoms with E-state index in [9.17, 15) is 9.59 Å². The van der Waals surface area contributed by atoms with E-state index in [0.717, 1.165) is 29.3 Å². The third kappa shape index (κ3) is 4.15. The summed E-state index contributed by atoms with van der Waals surface area (Å²) in [4.78, 5) is 30.1. The molecule has 0 spiro atoms. The lowest BCUT2D eigenvalue weighted by Gasteiger charge is -2.27. The largest absolute Gasteiger partial charge is 0.353 e. The quantitative estimate of drug-likeness (QED) is 0.536. The predicted octanol–water partition coefficient (Wildman–Crippen LogP) is 4.00. The Hall–Kier alpha value is -3.34. The standard InChI is InChI=1S/C25H27N3O2/c1-3-15-27(25(30)23-12-6-9-19-8-4-5-11-22(19)23)18-24(29)28(20-13-14-20)17-21-10-7-16-26(21)2/h3-12,16,20H,1,13-15,17-18H2,2H3. The summed E-state index contributed by atoms with van der Waals surface area (Å²) >= 11 is 0. The van der Waals surface area contributed by atoms with E-state index in [0.29, 0.717) is 18.7 Å².